The minimum Gasteiger partial charge on any atom is -0.326 e. The molecule has 0 heterocycles. The summed E-state index contributed by atoms with van der Waals surface area (Å²) in [7, 11) is -3.56. The number of benzene rings is 1. The van der Waals surface area contributed by atoms with E-state index in [1.807, 2.05) is 0 Å². The number of anilines is 1. The Balaban J connectivity index is 1.85. The predicted octanol–water partition coefficient (Wildman–Crippen LogP) is 2.42. The van der Waals surface area contributed by atoms with E-state index in [2.05, 4.69) is 10.0 Å². The summed E-state index contributed by atoms with van der Waals surface area (Å²) in [6.07, 6.45) is 4.48. The molecule has 22 heavy (non-hydrogen) atoms. The van der Waals surface area contributed by atoms with Crippen LogP contribution < -0.4 is 10.0 Å². The van der Waals surface area contributed by atoms with Crippen molar-refractivity contribution in [1.29, 1.82) is 0 Å². The van der Waals surface area contributed by atoms with Crippen molar-refractivity contribution in [3.05, 3.63) is 23.8 Å². The smallest absolute Gasteiger partial charge is 0.241 e. The molecule has 120 valence electrons. The Morgan fingerprint density at radius 2 is 1.77 bits per heavy atom. The highest BCUT2D eigenvalue weighted by Crippen LogP contribution is 2.45. The van der Waals surface area contributed by atoms with Gasteiger partial charge in [0.1, 0.15) is 0 Å². The van der Waals surface area contributed by atoms with Crippen LogP contribution >= 0.6 is 0 Å². The van der Waals surface area contributed by atoms with Gasteiger partial charge in [-0.15, -0.1) is 0 Å². The Labute approximate surface area is 131 Å². The number of hydrogen-bond acceptors (Lipinski definition) is 3. The molecule has 1 amide bonds. The average molecular weight is 322 g/mol. The first kappa shape index (κ1) is 15.5. The highest BCUT2D eigenvalue weighted by atomic mass is 32.2. The minimum absolute atomic E-state index is 0.0776. The van der Waals surface area contributed by atoms with E-state index in [1.54, 1.807) is 19.1 Å². The zero-order valence-corrected chi connectivity index (χ0v) is 13.7. The Kier molecular flexibility index (Phi) is 3.99. The van der Waals surface area contributed by atoms with E-state index in [-0.39, 0.29) is 16.8 Å². The van der Waals surface area contributed by atoms with Gasteiger partial charge >= 0.3 is 0 Å². The third-order valence-corrected chi connectivity index (χ3v) is 5.95. The molecule has 1 aromatic rings. The molecule has 1 aromatic carbocycles. The van der Waals surface area contributed by atoms with Gasteiger partial charge in [-0.05, 0) is 62.1 Å². The van der Waals surface area contributed by atoms with Gasteiger partial charge in [0.05, 0.1) is 4.90 Å². The number of amides is 1. The maximum Gasteiger partial charge on any atom is 0.241 e. The molecule has 0 aromatic heterocycles. The lowest BCUT2D eigenvalue weighted by Crippen LogP contribution is -2.38. The van der Waals surface area contributed by atoms with Gasteiger partial charge < -0.3 is 5.32 Å². The van der Waals surface area contributed by atoms with Gasteiger partial charge in [-0.2, -0.15) is 0 Å². The van der Waals surface area contributed by atoms with E-state index in [1.165, 1.54) is 13.0 Å². The molecule has 0 aliphatic heterocycles. The van der Waals surface area contributed by atoms with Crippen molar-refractivity contribution in [3.63, 3.8) is 0 Å². The lowest BCUT2D eigenvalue weighted by Gasteiger charge is -2.19. The van der Waals surface area contributed by atoms with Crippen LogP contribution in [0.1, 0.15) is 38.2 Å². The molecule has 2 fully saturated rings. The standard InChI is InChI=1S/C16H22N2O3S/c1-10-3-8-14(17-11(2)19)9-15(10)22(20,21)18-16(12-4-5-12)13-6-7-13/h3,8-9,12-13,16,18H,4-7H2,1-2H3,(H,17,19). The van der Waals surface area contributed by atoms with Crippen molar-refractivity contribution in [2.75, 3.05) is 5.32 Å². The molecule has 0 atom stereocenters. The fourth-order valence-corrected chi connectivity index (χ4v) is 4.55. The zero-order chi connectivity index (χ0) is 15.9. The van der Waals surface area contributed by atoms with Gasteiger partial charge in [0.25, 0.3) is 0 Å². The van der Waals surface area contributed by atoms with Crippen LogP contribution in [0.4, 0.5) is 5.69 Å². The second kappa shape index (κ2) is 5.66. The molecule has 0 spiro atoms. The quantitative estimate of drug-likeness (QED) is 0.844. The van der Waals surface area contributed by atoms with E-state index in [0.29, 0.717) is 23.1 Å². The van der Waals surface area contributed by atoms with Crippen LogP contribution in [0.5, 0.6) is 0 Å². The summed E-state index contributed by atoms with van der Waals surface area (Å²) in [4.78, 5) is 11.4. The molecule has 2 N–H and O–H groups in total. The van der Waals surface area contributed by atoms with Crippen LogP contribution in [0.25, 0.3) is 0 Å². The molecular weight excluding hydrogens is 300 g/mol. The van der Waals surface area contributed by atoms with E-state index < -0.39 is 10.0 Å². The van der Waals surface area contributed by atoms with Crippen molar-refractivity contribution in [2.45, 2.75) is 50.5 Å². The maximum atomic E-state index is 12.7. The molecule has 0 radical (unpaired) electrons. The summed E-state index contributed by atoms with van der Waals surface area (Å²) in [5.41, 5.74) is 1.19. The molecule has 2 aliphatic carbocycles. The molecule has 2 saturated carbocycles. The number of sulfonamides is 1. The lowest BCUT2D eigenvalue weighted by molar-refractivity contribution is -0.114. The fraction of sp³-hybridized carbons (Fsp3) is 0.562. The van der Waals surface area contributed by atoms with Gasteiger partial charge in [-0.1, -0.05) is 6.07 Å². The SMILES string of the molecule is CC(=O)Nc1ccc(C)c(S(=O)(=O)NC(C2CC2)C2CC2)c1. The second-order valence-electron chi connectivity index (χ2n) is 6.48. The van der Waals surface area contributed by atoms with E-state index >= 15 is 0 Å². The second-order valence-corrected chi connectivity index (χ2v) is 8.17. The largest absolute Gasteiger partial charge is 0.326 e. The van der Waals surface area contributed by atoms with Crippen LogP contribution in [-0.4, -0.2) is 20.4 Å². The van der Waals surface area contributed by atoms with E-state index in [9.17, 15) is 13.2 Å². The molecular formula is C16H22N2O3S. The van der Waals surface area contributed by atoms with E-state index in [0.717, 1.165) is 25.7 Å². The van der Waals surface area contributed by atoms with Gasteiger partial charge in [-0.3, -0.25) is 4.79 Å². The number of carbonyl (C=O) groups excluding carboxylic acids is 1. The minimum atomic E-state index is -3.56. The summed E-state index contributed by atoms with van der Waals surface area (Å²) in [6.45, 7) is 3.18. The topological polar surface area (TPSA) is 75.3 Å². The number of rotatable bonds is 6. The van der Waals surface area contributed by atoms with Crippen molar-refractivity contribution in [3.8, 4) is 0 Å². The molecule has 5 nitrogen and oxygen atoms in total. The van der Waals surface area contributed by atoms with Crippen LogP contribution in [0, 0.1) is 18.8 Å². The van der Waals surface area contributed by atoms with Crippen LogP contribution in [0.3, 0.4) is 0 Å². The van der Waals surface area contributed by atoms with Crippen molar-refractivity contribution >= 4 is 21.6 Å². The van der Waals surface area contributed by atoms with E-state index in [4.69, 9.17) is 0 Å². The Morgan fingerprint density at radius 3 is 2.27 bits per heavy atom. The Bertz CT molecular complexity index is 679. The molecule has 0 bridgehead atoms. The van der Waals surface area contributed by atoms with Gasteiger partial charge in [-0.25, -0.2) is 13.1 Å². The first-order valence-electron chi connectivity index (χ1n) is 7.77. The highest BCUT2D eigenvalue weighted by molar-refractivity contribution is 7.89. The normalized spacial score (nSPS) is 18.5. The first-order valence-corrected chi connectivity index (χ1v) is 9.26. The number of carbonyl (C=O) groups is 1. The average Bonchev–Trinajstić information content (AvgIpc) is 3.30. The fourth-order valence-electron chi connectivity index (χ4n) is 2.90. The van der Waals surface area contributed by atoms with Gasteiger partial charge in [0, 0.05) is 18.7 Å². The van der Waals surface area contributed by atoms with Crippen LogP contribution in [-0.2, 0) is 14.8 Å². The molecule has 0 unspecified atom stereocenters. The molecule has 3 rings (SSSR count). The van der Waals surface area contributed by atoms with Gasteiger partial charge in [0.2, 0.25) is 15.9 Å². The predicted molar refractivity (Wildman–Crippen MR) is 85.0 cm³/mol. The molecule has 0 saturated heterocycles. The summed E-state index contributed by atoms with van der Waals surface area (Å²) in [5, 5.41) is 2.64. The molecule has 6 heteroatoms. The number of aryl methyl sites for hydroxylation is 1. The number of hydrogen-bond donors (Lipinski definition) is 2. The Hall–Kier alpha value is -1.40. The monoisotopic (exact) mass is 322 g/mol. The third kappa shape index (κ3) is 3.50. The van der Waals surface area contributed by atoms with Crippen molar-refractivity contribution in [1.82, 2.24) is 4.72 Å². The lowest BCUT2D eigenvalue weighted by atomic mass is 10.1. The van der Waals surface area contributed by atoms with Crippen molar-refractivity contribution in [2.24, 2.45) is 11.8 Å². The van der Waals surface area contributed by atoms with Gasteiger partial charge in [0.15, 0.2) is 0 Å². The van der Waals surface area contributed by atoms with Crippen LogP contribution in [0.15, 0.2) is 23.1 Å². The molecule has 2 aliphatic rings. The third-order valence-electron chi connectivity index (χ3n) is 4.35. The first-order chi connectivity index (χ1) is 10.4. The Morgan fingerprint density at radius 1 is 1.18 bits per heavy atom. The maximum absolute atomic E-state index is 12.7. The van der Waals surface area contributed by atoms with Crippen LogP contribution in [0.2, 0.25) is 0 Å². The highest BCUT2D eigenvalue weighted by Gasteiger charge is 2.43. The summed E-state index contributed by atoms with van der Waals surface area (Å²) in [5.74, 6) is 0.788. The van der Waals surface area contributed by atoms with Crippen molar-refractivity contribution < 1.29 is 13.2 Å². The summed E-state index contributed by atoms with van der Waals surface area (Å²) >= 11 is 0. The summed E-state index contributed by atoms with van der Waals surface area (Å²) in [6, 6.07) is 5.06. The summed E-state index contributed by atoms with van der Waals surface area (Å²) < 4.78 is 28.4. The zero-order valence-electron chi connectivity index (χ0n) is 12.9. The number of nitrogens with one attached hydrogen (secondary N) is 2.